The minimum atomic E-state index is -0.354. The van der Waals surface area contributed by atoms with Gasteiger partial charge in [0.05, 0.1) is 41.9 Å². The number of H-pyrrole nitrogens is 1. The van der Waals surface area contributed by atoms with E-state index in [2.05, 4.69) is 31.2 Å². The largest absolute Gasteiger partial charge is 0.378 e. The highest BCUT2D eigenvalue weighted by atomic mass is 79.9. The summed E-state index contributed by atoms with van der Waals surface area (Å²) in [4.78, 5) is 39.6. The molecule has 3 aromatic rings. The predicted octanol–water partition coefficient (Wildman–Crippen LogP) is 2.32. The second-order valence-corrected chi connectivity index (χ2v) is 7.92. The average Bonchev–Trinajstić information content (AvgIpc) is 2.76. The van der Waals surface area contributed by atoms with E-state index in [1.807, 2.05) is 18.2 Å². The molecule has 1 aliphatic rings. The van der Waals surface area contributed by atoms with Crippen molar-refractivity contribution in [3.8, 4) is 0 Å². The van der Waals surface area contributed by atoms with Crippen LogP contribution < -0.4 is 21.3 Å². The highest BCUT2D eigenvalue weighted by Gasteiger charge is 2.17. The molecule has 0 saturated carbocycles. The number of hydrogen-bond donors (Lipinski definition) is 2. The van der Waals surface area contributed by atoms with Gasteiger partial charge < -0.3 is 15.0 Å². The number of fused-ring (bicyclic) bond motifs is 1. The summed E-state index contributed by atoms with van der Waals surface area (Å²) in [6, 6.07) is 12.4. The summed E-state index contributed by atoms with van der Waals surface area (Å²) in [5.41, 5.74) is 0.934. The van der Waals surface area contributed by atoms with Crippen LogP contribution in [0.3, 0.4) is 0 Å². The number of ether oxygens (including phenoxy) is 1. The maximum atomic E-state index is 12.6. The van der Waals surface area contributed by atoms with Crippen LogP contribution in [-0.4, -0.2) is 42.0 Å². The highest BCUT2D eigenvalue weighted by molar-refractivity contribution is 9.10. The number of aryl methyl sites for hydroxylation is 1. The van der Waals surface area contributed by atoms with Gasteiger partial charge in [-0.2, -0.15) is 0 Å². The smallest absolute Gasteiger partial charge is 0.273 e. The van der Waals surface area contributed by atoms with Gasteiger partial charge in [0.25, 0.3) is 11.1 Å². The maximum Gasteiger partial charge on any atom is 0.273 e. The van der Waals surface area contributed by atoms with Gasteiger partial charge in [-0.25, -0.2) is 4.68 Å². The molecule has 0 spiro atoms. The van der Waals surface area contributed by atoms with Crippen molar-refractivity contribution in [2.45, 2.75) is 13.0 Å². The molecule has 156 valence electrons. The van der Waals surface area contributed by atoms with Crippen molar-refractivity contribution in [2.24, 2.45) is 0 Å². The van der Waals surface area contributed by atoms with E-state index in [0.717, 1.165) is 23.2 Å². The van der Waals surface area contributed by atoms with Crippen molar-refractivity contribution in [1.82, 2.24) is 9.78 Å². The molecular formula is C21H21BrN4O4. The van der Waals surface area contributed by atoms with Crippen molar-refractivity contribution >= 4 is 44.0 Å². The number of nitrogens with one attached hydrogen (secondary N) is 2. The zero-order chi connectivity index (χ0) is 21.1. The molecule has 0 aliphatic carbocycles. The molecule has 0 unspecified atom stereocenters. The van der Waals surface area contributed by atoms with Gasteiger partial charge in [-0.1, -0.05) is 28.1 Å². The molecule has 2 N–H and O–H groups in total. The Morgan fingerprint density at radius 3 is 2.60 bits per heavy atom. The van der Waals surface area contributed by atoms with Crippen molar-refractivity contribution in [3.05, 3.63) is 67.6 Å². The Labute approximate surface area is 180 Å². The molecule has 8 nitrogen and oxygen atoms in total. The van der Waals surface area contributed by atoms with Gasteiger partial charge >= 0.3 is 0 Å². The van der Waals surface area contributed by atoms with Crippen molar-refractivity contribution in [2.75, 3.05) is 36.5 Å². The zero-order valence-corrected chi connectivity index (χ0v) is 17.8. The zero-order valence-electron chi connectivity index (χ0n) is 16.2. The number of halogens is 1. The first-order valence-electron chi connectivity index (χ1n) is 9.67. The minimum absolute atomic E-state index is 0.0449. The van der Waals surface area contributed by atoms with Gasteiger partial charge in [0.15, 0.2) is 0 Å². The fourth-order valence-electron chi connectivity index (χ4n) is 3.52. The lowest BCUT2D eigenvalue weighted by Gasteiger charge is -2.30. The molecule has 30 heavy (non-hydrogen) atoms. The molecular weight excluding hydrogens is 452 g/mol. The summed E-state index contributed by atoms with van der Waals surface area (Å²) in [6.45, 7) is 2.85. The van der Waals surface area contributed by atoms with Crippen LogP contribution in [0.5, 0.6) is 0 Å². The maximum absolute atomic E-state index is 12.6. The molecule has 1 fully saturated rings. The number of morpholine rings is 1. The molecule has 0 radical (unpaired) electrons. The lowest BCUT2D eigenvalue weighted by molar-refractivity contribution is -0.116. The average molecular weight is 473 g/mol. The van der Waals surface area contributed by atoms with E-state index in [-0.39, 0.29) is 30.0 Å². The lowest BCUT2D eigenvalue weighted by Crippen LogP contribution is -2.36. The van der Waals surface area contributed by atoms with Gasteiger partial charge in [0.2, 0.25) is 5.91 Å². The fraction of sp³-hybridized carbons (Fsp3) is 0.286. The van der Waals surface area contributed by atoms with Crippen LogP contribution in [0.2, 0.25) is 0 Å². The number of anilines is 2. The summed E-state index contributed by atoms with van der Waals surface area (Å²) < 4.78 is 7.45. The molecule has 2 heterocycles. The highest BCUT2D eigenvalue weighted by Crippen LogP contribution is 2.30. The van der Waals surface area contributed by atoms with Crippen LogP contribution in [0.15, 0.2) is 56.5 Å². The summed E-state index contributed by atoms with van der Waals surface area (Å²) in [5, 5.41) is 6.16. The minimum Gasteiger partial charge on any atom is -0.378 e. The van der Waals surface area contributed by atoms with Crippen LogP contribution in [0.25, 0.3) is 10.8 Å². The van der Waals surface area contributed by atoms with Crippen LogP contribution in [-0.2, 0) is 16.1 Å². The Morgan fingerprint density at radius 2 is 1.83 bits per heavy atom. The molecule has 1 aromatic heterocycles. The van der Waals surface area contributed by atoms with Gasteiger partial charge in [-0.3, -0.25) is 19.5 Å². The van der Waals surface area contributed by atoms with E-state index in [1.54, 1.807) is 24.3 Å². The van der Waals surface area contributed by atoms with E-state index < -0.39 is 0 Å². The second-order valence-electron chi connectivity index (χ2n) is 7.00. The van der Waals surface area contributed by atoms with Gasteiger partial charge in [-0.15, -0.1) is 0 Å². The first-order chi connectivity index (χ1) is 14.5. The van der Waals surface area contributed by atoms with Crippen LogP contribution >= 0.6 is 15.9 Å². The molecule has 4 rings (SSSR count). The van der Waals surface area contributed by atoms with E-state index in [9.17, 15) is 14.4 Å². The van der Waals surface area contributed by atoms with E-state index in [4.69, 9.17) is 4.74 Å². The Hall–Kier alpha value is -2.91. The summed E-state index contributed by atoms with van der Waals surface area (Å²) >= 11 is 3.45. The second kappa shape index (κ2) is 8.85. The normalized spacial score (nSPS) is 14.1. The van der Waals surface area contributed by atoms with Crippen molar-refractivity contribution < 1.29 is 9.53 Å². The van der Waals surface area contributed by atoms with E-state index >= 15 is 0 Å². The Balaban J connectivity index is 1.50. The standard InChI is InChI=1S/C21H21BrN4O4/c22-14-5-6-18(25-9-11-30-12-10-25)17(13-14)23-19(27)7-8-26-21(29)16-4-2-1-3-15(16)20(28)24-26/h1-6,13H,7-12H2,(H,23,27)(H,24,28). The molecule has 1 amide bonds. The third-order valence-corrected chi connectivity index (χ3v) is 5.52. The van der Waals surface area contributed by atoms with Crippen molar-refractivity contribution in [1.29, 1.82) is 0 Å². The van der Waals surface area contributed by atoms with Gasteiger partial charge in [-0.05, 0) is 30.3 Å². The van der Waals surface area contributed by atoms with Gasteiger partial charge in [0.1, 0.15) is 0 Å². The third kappa shape index (κ3) is 4.31. The number of benzene rings is 2. The van der Waals surface area contributed by atoms with Crippen molar-refractivity contribution in [3.63, 3.8) is 0 Å². The summed E-state index contributed by atoms with van der Waals surface area (Å²) in [7, 11) is 0. The summed E-state index contributed by atoms with van der Waals surface area (Å²) in [5.74, 6) is -0.247. The summed E-state index contributed by atoms with van der Waals surface area (Å²) in [6.07, 6.45) is 0.0449. The number of carbonyl (C=O) groups is 1. The molecule has 2 aromatic carbocycles. The number of aromatic nitrogens is 2. The number of carbonyl (C=O) groups excluding carboxylic acids is 1. The third-order valence-electron chi connectivity index (χ3n) is 5.03. The first kappa shape index (κ1) is 20.4. The SMILES string of the molecule is O=C(CCn1[nH]c(=O)c2ccccc2c1=O)Nc1cc(Br)ccc1N1CCOCC1. The van der Waals surface area contributed by atoms with Crippen LogP contribution in [0, 0.1) is 0 Å². The Bertz CT molecular complexity index is 1200. The predicted molar refractivity (Wildman–Crippen MR) is 119 cm³/mol. The number of nitrogens with zero attached hydrogens (tertiary/aromatic N) is 2. The molecule has 1 saturated heterocycles. The fourth-order valence-corrected chi connectivity index (χ4v) is 3.88. The number of aromatic amines is 1. The monoisotopic (exact) mass is 472 g/mol. The topological polar surface area (TPSA) is 96.4 Å². The molecule has 1 aliphatic heterocycles. The van der Waals surface area contributed by atoms with E-state index in [0.29, 0.717) is 29.7 Å². The quantitative estimate of drug-likeness (QED) is 0.593. The van der Waals surface area contributed by atoms with E-state index in [1.165, 1.54) is 4.68 Å². The lowest BCUT2D eigenvalue weighted by atomic mass is 10.2. The number of amides is 1. The Kier molecular flexibility index (Phi) is 6.01. The molecule has 0 bridgehead atoms. The molecule has 0 atom stereocenters. The number of rotatable bonds is 5. The van der Waals surface area contributed by atoms with Crippen LogP contribution in [0.4, 0.5) is 11.4 Å². The van der Waals surface area contributed by atoms with Gasteiger partial charge in [0, 0.05) is 24.0 Å². The first-order valence-corrected chi connectivity index (χ1v) is 10.5. The molecule has 9 heteroatoms. The Morgan fingerprint density at radius 1 is 1.10 bits per heavy atom. The number of hydrogen-bond acceptors (Lipinski definition) is 5. The van der Waals surface area contributed by atoms with Crippen LogP contribution in [0.1, 0.15) is 6.42 Å².